The summed E-state index contributed by atoms with van der Waals surface area (Å²) in [5, 5.41) is 5.95. The number of pyridine rings is 1. The van der Waals surface area contributed by atoms with Gasteiger partial charge in [0.15, 0.2) is 0 Å². The third kappa shape index (κ3) is 5.22. The maximum absolute atomic E-state index is 13.6. The van der Waals surface area contributed by atoms with Gasteiger partial charge in [-0.05, 0) is 42.3 Å². The van der Waals surface area contributed by atoms with E-state index in [9.17, 15) is 9.18 Å². The zero-order valence-electron chi connectivity index (χ0n) is 16.2. The van der Waals surface area contributed by atoms with Crippen molar-refractivity contribution < 1.29 is 18.7 Å². The Kier molecular flexibility index (Phi) is 6.63. The van der Waals surface area contributed by atoms with Gasteiger partial charge in [-0.15, -0.1) is 0 Å². The molecule has 7 heteroatoms. The number of carbonyl (C=O) groups is 1. The minimum Gasteiger partial charge on any atom is -0.497 e. The van der Waals surface area contributed by atoms with E-state index in [1.807, 2.05) is 6.07 Å². The highest BCUT2D eigenvalue weighted by molar-refractivity contribution is 6.03. The quantitative estimate of drug-likeness (QED) is 0.600. The fourth-order valence-electron chi connectivity index (χ4n) is 2.76. The molecule has 0 aliphatic heterocycles. The highest BCUT2D eigenvalue weighted by Gasteiger charge is 2.12. The Balaban J connectivity index is 1.58. The van der Waals surface area contributed by atoms with Crippen molar-refractivity contribution in [1.29, 1.82) is 0 Å². The number of rotatable bonds is 8. The van der Waals surface area contributed by atoms with Crippen molar-refractivity contribution in [2.75, 3.05) is 31.4 Å². The van der Waals surface area contributed by atoms with Gasteiger partial charge in [-0.1, -0.05) is 18.2 Å². The first-order valence-electron chi connectivity index (χ1n) is 9.07. The van der Waals surface area contributed by atoms with Crippen LogP contribution in [0.1, 0.15) is 16.1 Å². The van der Waals surface area contributed by atoms with Crippen LogP contribution in [0.15, 0.2) is 60.8 Å². The number of halogens is 1. The Labute approximate surface area is 168 Å². The Morgan fingerprint density at radius 1 is 1.07 bits per heavy atom. The molecule has 1 amide bonds. The summed E-state index contributed by atoms with van der Waals surface area (Å²) in [5.41, 5.74) is 2.19. The fourth-order valence-corrected chi connectivity index (χ4v) is 2.76. The summed E-state index contributed by atoms with van der Waals surface area (Å²) in [6, 6.07) is 15.2. The van der Waals surface area contributed by atoms with E-state index in [2.05, 4.69) is 15.6 Å². The maximum atomic E-state index is 13.6. The second kappa shape index (κ2) is 9.54. The van der Waals surface area contributed by atoms with E-state index >= 15 is 0 Å². The third-order valence-corrected chi connectivity index (χ3v) is 4.33. The van der Waals surface area contributed by atoms with Gasteiger partial charge in [0.25, 0.3) is 5.91 Å². The normalized spacial score (nSPS) is 10.3. The molecule has 0 atom stereocenters. The van der Waals surface area contributed by atoms with Crippen molar-refractivity contribution in [3.05, 3.63) is 77.9 Å². The van der Waals surface area contributed by atoms with Crippen LogP contribution in [-0.2, 0) is 6.42 Å². The topological polar surface area (TPSA) is 72.5 Å². The number of nitrogens with zero attached hydrogens (tertiary/aromatic N) is 1. The van der Waals surface area contributed by atoms with Gasteiger partial charge in [0, 0.05) is 12.6 Å². The van der Waals surface area contributed by atoms with Crippen molar-refractivity contribution in [3.63, 3.8) is 0 Å². The first kappa shape index (κ1) is 20.1. The van der Waals surface area contributed by atoms with Gasteiger partial charge in [0.2, 0.25) is 0 Å². The van der Waals surface area contributed by atoms with Crippen LogP contribution < -0.4 is 20.1 Å². The van der Waals surface area contributed by atoms with E-state index in [0.29, 0.717) is 35.7 Å². The smallest absolute Gasteiger partial charge is 0.274 e. The average Bonchev–Trinajstić information content (AvgIpc) is 2.75. The predicted molar refractivity (Wildman–Crippen MR) is 110 cm³/mol. The molecule has 3 aromatic rings. The van der Waals surface area contributed by atoms with Crippen LogP contribution in [0.5, 0.6) is 11.5 Å². The summed E-state index contributed by atoms with van der Waals surface area (Å²) >= 11 is 0. The molecule has 0 unspecified atom stereocenters. The van der Waals surface area contributed by atoms with Crippen LogP contribution in [0, 0.1) is 5.82 Å². The lowest BCUT2D eigenvalue weighted by Gasteiger charge is -2.12. The van der Waals surface area contributed by atoms with Gasteiger partial charge in [-0.3, -0.25) is 4.79 Å². The number of hydrogen-bond acceptors (Lipinski definition) is 5. The molecule has 0 fully saturated rings. The molecule has 2 aromatic carbocycles. The van der Waals surface area contributed by atoms with Crippen LogP contribution in [0.25, 0.3) is 0 Å². The highest BCUT2D eigenvalue weighted by Crippen LogP contribution is 2.29. The zero-order chi connectivity index (χ0) is 20.6. The van der Waals surface area contributed by atoms with Crippen LogP contribution in [0.2, 0.25) is 0 Å². The fraction of sp³-hybridized carbons (Fsp3) is 0.182. The highest BCUT2D eigenvalue weighted by atomic mass is 19.1. The molecule has 0 spiro atoms. The molecule has 1 aromatic heterocycles. The number of anilines is 2. The van der Waals surface area contributed by atoms with Crippen LogP contribution in [0.3, 0.4) is 0 Å². The molecule has 29 heavy (non-hydrogen) atoms. The van der Waals surface area contributed by atoms with Crippen molar-refractivity contribution in [2.45, 2.75) is 6.42 Å². The molecule has 150 valence electrons. The lowest BCUT2D eigenvalue weighted by Crippen LogP contribution is -2.14. The van der Waals surface area contributed by atoms with Crippen molar-refractivity contribution >= 4 is 17.3 Å². The molecule has 3 rings (SSSR count). The second-order valence-electron chi connectivity index (χ2n) is 6.22. The van der Waals surface area contributed by atoms with Gasteiger partial charge in [0.05, 0.1) is 31.8 Å². The van der Waals surface area contributed by atoms with Crippen molar-refractivity contribution in [2.24, 2.45) is 0 Å². The first-order chi connectivity index (χ1) is 14.1. The van der Waals surface area contributed by atoms with Crippen LogP contribution >= 0.6 is 0 Å². The van der Waals surface area contributed by atoms with E-state index in [1.165, 1.54) is 13.2 Å². The average molecular weight is 395 g/mol. The summed E-state index contributed by atoms with van der Waals surface area (Å²) < 4.78 is 24.1. The molecule has 0 bridgehead atoms. The minimum atomic E-state index is -0.355. The van der Waals surface area contributed by atoms with Gasteiger partial charge in [0.1, 0.15) is 23.0 Å². The Morgan fingerprint density at radius 2 is 1.90 bits per heavy atom. The van der Waals surface area contributed by atoms with E-state index in [4.69, 9.17) is 9.47 Å². The zero-order valence-corrected chi connectivity index (χ0v) is 16.2. The van der Waals surface area contributed by atoms with Crippen molar-refractivity contribution in [3.8, 4) is 11.5 Å². The lowest BCUT2D eigenvalue weighted by atomic mass is 10.1. The number of amides is 1. The molecule has 6 nitrogen and oxygen atoms in total. The lowest BCUT2D eigenvalue weighted by molar-refractivity contribution is 0.102. The third-order valence-electron chi connectivity index (χ3n) is 4.33. The minimum absolute atomic E-state index is 0.214. The number of aromatic nitrogens is 1. The monoisotopic (exact) mass is 395 g/mol. The first-order valence-corrected chi connectivity index (χ1v) is 9.07. The summed E-state index contributed by atoms with van der Waals surface area (Å²) in [6.45, 7) is 0.553. The standard InChI is InChI=1S/C22H22FN3O3/c1-28-17-8-10-19(21(13-17)29-2)26-22(27)20-9-7-16(14-25-20)24-12-11-15-5-3-4-6-18(15)23/h3-10,13-14,24H,11-12H2,1-2H3,(H,26,27). The number of carbonyl (C=O) groups excluding carboxylic acids is 1. The van der Waals surface area contributed by atoms with E-state index in [1.54, 1.807) is 55.8 Å². The summed E-state index contributed by atoms with van der Waals surface area (Å²) in [7, 11) is 3.08. The number of ether oxygens (including phenoxy) is 2. The van der Waals surface area contributed by atoms with E-state index in [-0.39, 0.29) is 17.4 Å². The Morgan fingerprint density at radius 3 is 2.59 bits per heavy atom. The molecule has 0 saturated heterocycles. The number of methoxy groups -OCH3 is 2. The van der Waals surface area contributed by atoms with Gasteiger partial charge < -0.3 is 20.1 Å². The Bertz CT molecular complexity index is 977. The largest absolute Gasteiger partial charge is 0.497 e. The maximum Gasteiger partial charge on any atom is 0.274 e. The molecule has 0 aliphatic carbocycles. The SMILES string of the molecule is COc1ccc(NC(=O)c2ccc(NCCc3ccccc3F)cn2)c(OC)c1. The molecule has 2 N–H and O–H groups in total. The van der Waals surface area contributed by atoms with Crippen LogP contribution in [-0.4, -0.2) is 31.7 Å². The van der Waals surface area contributed by atoms with Gasteiger partial charge in [-0.25, -0.2) is 9.37 Å². The number of nitrogens with one attached hydrogen (secondary N) is 2. The molecule has 1 heterocycles. The molecule has 0 radical (unpaired) electrons. The summed E-state index contributed by atoms with van der Waals surface area (Å²) in [5.74, 6) is 0.549. The molecule has 0 aliphatic rings. The number of hydrogen-bond donors (Lipinski definition) is 2. The summed E-state index contributed by atoms with van der Waals surface area (Å²) in [4.78, 5) is 16.7. The second-order valence-corrected chi connectivity index (χ2v) is 6.22. The molecular weight excluding hydrogens is 373 g/mol. The summed E-state index contributed by atoms with van der Waals surface area (Å²) in [6.07, 6.45) is 2.12. The van der Waals surface area contributed by atoms with Gasteiger partial charge >= 0.3 is 0 Å². The number of benzene rings is 2. The van der Waals surface area contributed by atoms with Gasteiger partial charge in [-0.2, -0.15) is 0 Å². The van der Waals surface area contributed by atoms with E-state index < -0.39 is 0 Å². The molecular formula is C22H22FN3O3. The van der Waals surface area contributed by atoms with E-state index in [0.717, 1.165) is 5.69 Å². The van der Waals surface area contributed by atoms with Crippen molar-refractivity contribution in [1.82, 2.24) is 4.98 Å². The predicted octanol–water partition coefficient (Wildman–Crippen LogP) is 4.14. The molecule has 0 saturated carbocycles. The Hall–Kier alpha value is -3.61. The van der Waals surface area contributed by atoms with Crippen LogP contribution in [0.4, 0.5) is 15.8 Å².